The maximum atomic E-state index is 10.4. The van der Waals surface area contributed by atoms with E-state index in [4.69, 9.17) is 0 Å². The van der Waals surface area contributed by atoms with E-state index in [1.165, 1.54) is 24.7 Å². The monoisotopic (exact) mass is 243 g/mol. The van der Waals surface area contributed by atoms with Crippen LogP contribution in [-0.2, 0) is 13.5 Å². The molecule has 1 aromatic carbocycles. The lowest BCUT2D eigenvalue weighted by Crippen LogP contribution is -2.09. The van der Waals surface area contributed by atoms with Crippen LogP contribution in [-0.4, -0.2) is 19.9 Å². The standard InChI is InChI=1S/C14H17N3O/c1-17-14(15-9-16-17)8-13(18)12-5-3-2-4-11(12)10-6-7-10/h2-5,9-10,13,18H,6-8H2,1H3. The zero-order chi connectivity index (χ0) is 12.5. The van der Waals surface area contributed by atoms with Crippen molar-refractivity contribution in [3.05, 3.63) is 47.5 Å². The van der Waals surface area contributed by atoms with Crippen molar-refractivity contribution in [1.82, 2.24) is 14.8 Å². The Bertz CT molecular complexity index is 545. The molecule has 0 bridgehead atoms. The van der Waals surface area contributed by atoms with E-state index in [2.05, 4.69) is 16.1 Å². The first kappa shape index (κ1) is 11.4. The highest BCUT2D eigenvalue weighted by molar-refractivity contribution is 5.35. The first-order valence-corrected chi connectivity index (χ1v) is 6.35. The minimum absolute atomic E-state index is 0.496. The van der Waals surface area contributed by atoms with E-state index < -0.39 is 6.10 Å². The topological polar surface area (TPSA) is 50.9 Å². The molecule has 4 heteroatoms. The summed E-state index contributed by atoms with van der Waals surface area (Å²) in [6, 6.07) is 8.19. The summed E-state index contributed by atoms with van der Waals surface area (Å²) in [7, 11) is 1.85. The molecule has 4 nitrogen and oxygen atoms in total. The van der Waals surface area contributed by atoms with Gasteiger partial charge in [-0.25, -0.2) is 4.98 Å². The highest BCUT2D eigenvalue weighted by Crippen LogP contribution is 2.43. The van der Waals surface area contributed by atoms with Crippen LogP contribution in [0.1, 0.15) is 41.8 Å². The molecule has 1 fully saturated rings. The Hall–Kier alpha value is -1.68. The molecule has 1 saturated carbocycles. The van der Waals surface area contributed by atoms with Gasteiger partial charge in [-0.1, -0.05) is 24.3 Å². The number of hydrogen-bond donors (Lipinski definition) is 1. The lowest BCUT2D eigenvalue weighted by molar-refractivity contribution is 0.173. The molecule has 3 rings (SSSR count). The van der Waals surface area contributed by atoms with E-state index in [0.29, 0.717) is 12.3 Å². The summed E-state index contributed by atoms with van der Waals surface area (Å²) in [4.78, 5) is 4.16. The Morgan fingerprint density at radius 3 is 2.83 bits per heavy atom. The zero-order valence-electron chi connectivity index (χ0n) is 10.5. The van der Waals surface area contributed by atoms with Crippen LogP contribution in [0.3, 0.4) is 0 Å². The fraction of sp³-hybridized carbons (Fsp3) is 0.429. The van der Waals surface area contributed by atoms with Crippen molar-refractivity contribution < 1.29 is 5.11 Å². The lowest BCUT2D eigenvalue weighted by Gasteiger charge is -2.14. The number of aliphatic hydroxyl groups is 1. The SMILES string of the molecule is Cn1ncnc1CC(O)c1ccccc1C1CC1. The van der Waals surface area contributed by atoms with Crippen LogP contribution in [0.4, 0.5) is 0 Å². The summed E-state index contributed by atoms with van der Waals surface area (Å²) in [5, 5.41) is 14.4. The molecule has 0 spiro atoms. The molecule has 0 amide bonds. The Kier molecular flexibility index (Phi) is 2.88. The molecular formula is C14H17N3O. The van der Waals surface area contributed by atoms with Gasteiger partial charge in [-0.05, 0) is 29.9 Å². The van der Waals surface area contributed by atoms with Gasteiger partial charge in [0.2, 0.25) is 0 Å². The van der Waals surface area contributed by atoms with Crippen molar-refractivity contribution in [2.75, 3.05) is 0 Å². The van der Waals surface area contributed by atoms with E-state index in [1.54, 1.807) is 4.68 Å². The van der Waals surface area contributed by atoms with Gasteiger partial charge in [0, 0.05) is 13.5 Å². The molecule has 0 aliphatic heterocycles. The summed E-state index contributed by atoms with van der Waals surface area (Å²) >= 11 is 0. The average molecular weight is 243 g/mol. The minimum atomic E-state index is -0.496. The van der Waals surface area contributed by atoms with Crippen LogP contribution in [0.2, 0.25) is 0 Å². The van der Waals surface area contributed by atoms with Gasteiger partial charge in [0.05, 0.1) is 6.10 Å². The van der Waals surface area contributed by atoms with E-state index in [1.807, 2.05) is 25.2 Å². The first-order valence-electron chi connectivity index (χ1n) is 6.35. The molecule has 1 aliphatic rings. The third-order valence-electron chi connectivity index (χ3n) is 3.55. The number of aliphatic hydroxyl groups excluding tert-OH is 1. The Labute approximate surface area is 106 Å². The second-order valence-electron chi connectivity index (χ2n) is 4.92. The van der Waals surface area contributed by atoms with Crippen LogP contribution in [0, 0.1) is 0 Å². The van der Waals surface area contributed by atoms with Gasteiger partial charge in [0.25, 0.3) is 0 Å². The van der Waals surface area contributed by atoms with Gasteiger partial charge in [-0.15, -0.1) is 0 Å². The van der Waals surface area contributed by atoms with E-state index >= 15 is 0 Å². The van der Waals surface area contributed by atoms with Gasteiger partial charge >= 0.3 is 0 Å². The van der Waals surface area contributed by atoms with Crippen LogP contribution < -0.4 is 0 Å². The number of aromatic nitrogens is 3. The second-order valence-corrected chi connectivity index (χ2v) is 4.92. The molecule has 1 atom stereocenters. The highest BCUT2D eigenvalue weighted by Gasteiger charge is 2.27. The van der Waals surface area contributed by atoms with Crippen molar-refractivity contribution >= 4 is 0 Å². The number of rotatable bonds is 4. The van der Waals surface area contributed by atoms with Crippen molar-refractivity contribution in [2.24, 2.45) is 7.05 Å². The fourth-order valence-corrected chi connectivity index (χ4v) is 2.37. The second kappa shape index (κ2) is 4.53. The Morgan fingerprint density at radius 2 is 2.17 bits per heavy atom. The summed E-state index contributed by atoms with van der Waals surface area (Å²) in [6.45, 7) is 0. The normalized spacial score (nSPS) is 16.8. The number of aryl methyl sites for hydroxylation is 1. The van der Waals surface area contributed by atoms with Gasteiger partial charge in [-0.2, -0.15) is 5.10 Å². The van der Waals surface area contributed by atoms with Crippen LogP contribution >= 0.6 is 0 Å². The quantitative estimate of drug-likeness (QED) is 0.893. The summed E-state index contributed by atoms with van der Waals surface area (Å²) in [5.41, 5.74) is 2.34. The molecular weight excluding hydrogens is 226 g/mol. The van der Waals surface area contributed by atoms with Crippen LogP contribution in [0.25, 0.3) is 0 Å². The van der Waals surface area contributed by atoms with Gasteiger partial charge in [0.1, 0.15) is 12.2 Å². The number of nitrogens with zero attached hydrogens (tertiary/aromatic N) is 3. The molecule has 2 aromatic rings. The molecule has 1 aliphatic carbocycles. The van der Waals surface area contributed by atoms with Crippen molar-refractivity contribution in [2.45, 2.75) is 31.3 Å². The molecule has 94 valence electrons. The van der Waals surface area contributed by atoms with E-state index in [-0.39, 0.29) is 0 Å². The zero-order valence-corrected chi connectivity index (χ0v) is 10.5. The van der Waals surface area contributed by atoms with Crippen LogP contribution in [0.15, 0.2) is 30.6 Å². The average Bonchev–Trinajstić information content (AvgIpc) is 3.15. The lowest BCUT2D eigenvalue weighted by atomic mass is 9.97. The first-order chi connectivity index (χ1) is 8.75. The predicted octanol–water partition coefficient (Wildman–Crippen LogP) is 1.97. The minimum Gasteiger partial charge on any atom is -0.388 e. The molecule has 18 heavy (non-hydrogen) atoms. The number of benzene rings is 1. The van der Waals surface area contributed by atoms with E-state index in [9.17, 15) is 5.11 Å². The molecule has 1 N–H and O–H groups in total. The third kappa shape index (κ3) is 2.16. The molecule has 1 aromatic heterocycles. The molecule has 0 radical (unpaired) electrons. The third-order valence-corrected chi connectivity index (χ3v) is 3.55. The van der Waals surface area contributed by atoms with Crippen molar-refractivity contribution in [1.29, 1.82) is 0 Å². The maximum Gasteiger partial charge on any atom is 0.138 e. The largest absolute Gasteiger partial charge is 0.388 e. The van der Waals surface area contributed by atoms with Gasteiger partial charge in [-0.3, -0.25) is 4.68 Å². The summed E-state index contributed by atoms with van der Waals surface area (Å²) < 4.78 is 1.71. The summed E-state index contributed by atoms with van der Waals surface area (Å²) in [6.07, 6.45) is 4.03. The predicted molar refractivity (Wildman–Crippen MR) is 68.1 cm³/mol. The maximum absolute atomic E-state index is 10.4. The molecule has 1 heterocycles. The smallest absolute Gasteiger partial charge is 0.138 e. The van der Waals surface area contributed by atoms with Crippen LogP contribution in [0.5, 0.6) is 0 Å². The van der Waals surface area contributed by atoms with E-state index in [0.717, 1.165) is 11.4 Å². The number of hydrogen-bond acceptors (Lipinski definition) is 3. The van der Waals surface area contributed by atoms with Crippen molar-refractivity contribution in [3.8, 4) is 0 Å². The van der Waals surface area contributed by atoms with Gasteiger partial charge < -0.3 is 5.11 Å². The fourth-order valence-electron chi connectivity index (χ4n) is 2.37. The molecule has 1 unspecified atom stereocenters. The Balaban J connectivity index is 1.84. The Morgan fingerprint density at radius 1 is 1.39 bits per heavy atom. The van der Waals surface area contributed by atoms with Gasteiger partial charge in [0.15, 0.2) is 0 Å². The summed E-state index contributed by atoms with van der Waals surface area (Å²) in [5.74, 6) is 1.46. The van der Waals surface area contributed by atoms with Crippen molar-refractivity contribution in [3.63, 3.8) is 0 Å². The molecule has 0 saturated heterocycles. The highest BCUT2D eigenvalue weighted by atomic mass is 16.3.